The van der Waals surface area contributed by atoms with Crippen molar-refractivity contribution < 1.29 is 22.0 Å². The number of carbonyl (C=O) groups is 1. The fourth-order valence-corrected chi connectivity index (χ4v) is 4.06. The van der Waals surface area contributed by atoms with E-state index < -0.39 is 15.7 Å². The smallest absolute Gasteiger partial charge is 0.287 e. The molecule has 0 fully saturated rings. The lowest BCUT2D eigenvalue weighted by molar-refractivity contribution is 0.0918. The number of rotatable bonds is 7. The third-order valence-electron chi connectivity index (χ3n) is 3.58. The van der Waals surface area contributed by atoms with Gasteiger partial charge in [0.1, 0.15) is 17.3 Å². The van der Waals surface area contributed by atoms with Crippen molar-refractivity contribution in [3.05, 3.63) is 82.7 Å². The molecule has 1 aromatic carbocycles. The second-order valence-corrected chi connectivity index (χ2v) is 8.12. The second-order valence-electron chi connectivity index (χ2n) is 5.65. The predicted molar refractivity (Wildman–Crippen MR) is 96.4 cm³/mol. The number of carbonyl (C=O) groups excluding carboxylic acids is 1. The van der Waals surface area contributed by atoms with E-state index in [9.17, 15) is 13.2 Å². The SMILES string of the molecule is O=C(NCc1ccco1)c1ccc(CS(=O)(=O)Cc2ccccc2Cl)o1. The average molecular weight is 394 g/mol. The maximum absolute atomic E-state index is 12.4. The fourth-order valence-electron chi connectivity index (χ4n) is 2.37. The van der Waals surface area contributed by atoms with E-state index in [-0.39, 0.29) is 29.6 Å². The first-order valence-electron chi connectivity index (χ1n) is 7.76. The molecule has 0 aliphatic carbocycles. The number of halogens is 1. The van der Waals surface area contributed by atoms with Gasteiger partial charge in [0.05, 0.1) is 18.6 Å². The van der Waals surface area contributed by atoms with Crippen molar-refractivity contribution in [2.45, 2.75) is 18.1 Å². The van der Waals surface area contributed by atoms with Gasteiger partial charge in [-0.05, 0) is 35.9 Å². The lowest BCUT2D eigenvalue weighted by Crippen LogP contribution is -2.21. The summed E-state index contributed by atoms with van der Waals surface area (Å²) in [6.07, 6.45) is 1.51. The quantitative estimate of drug-likeness (QED) is 0.662. The van der Waals surface area contributed by atoms with Crippen LogP contribution >= 0.6 is 11.6 Å². The molecular weight excluding hydrogens is 378 g/mol. The number of hydrogen-bond acceptors (Lipinski definition) is 5. The van der Waals surface area contributed by atoms with Crippen molar-refractivity contribution in [3.8, 4) is 0 Å². The monoisotopic (exact) mass is 393 g/mol. The number of hydrogen-bond donors (Lipinski definition) is 1. The van der Waals surface area contributed by atoms with Gasteiger partial charge in [0.15, 0.2) is 15.6 Å². The summed E-state index contributed by atoms with van der Waals surface area (Å²) >= 11 is 6.01. The lowest BCUT2D eigenvalue weighted by atomic mass is 10.2. The van der Waals surface area contributed by atoms with E-state index in [1.54, 1.807) is 36.4 Å². The molecule has 6 nitrogen and oxygen atoms in total. The maximum Gasteiger partial charge on any atom is 0.287 e. The maximum atomic E-state index is 12.4. The molecular formula is C18H16ClNO5S. The Morgan fingerprint density at radius 2 is 1.81 bits per heavy atom. The number of sulfone groups is 1. The van der Waals surface area contributed by atoms with Gasteiger partial charge in [0.25, 0.3) is 5.91 Å². The molecule has 1 N–H and O–H groups in total. The molecule has 136 valence electrons. The molecule has 2 aromatic heterocycles. The van der Waals surface area contributed by atoms with Gasteiger partial charge in [0.2, 0.25) is 0 Å². The minimum Gasteiger partial charge on any atom is -0.467 e. The van der Waals surface area contributed by atoms with Crippen molar-refractivity contribution >= 4 is 27.3 Å². The minimum atomic E-state index is -3.50. The van der Waals surface area contributed by atoms with E-state index in [1.807, 2.05) is 0 Å². The van der Waals surface area contributed by atoms with Gasteiger partial charge < -0.3 is 14.2 Å². The first-order valence-corrected chi connectivity index (χ1v) is 9.96. The lowest BCUT2D eigenvalue weighted by Gasteiger charge is -2.05. The summed E-state index contributed by atoms with van der Waals surface area (Å²) < 4.78 is 35.2. The zero-order valence-electron chi connectivity index (χ0n) is 13.6. The number of nitrogens with one attached hydrogen (secondary N) is 1. The molecule has 3 aromatic rings. The summed E-state index contributed by atoms with van der Waals surface area (Å²) in [7, 11) is -3.50. The van der Waals surface area contributed by atoms with E-state index in [2.05, 4.69) is 5.32 Å². The molecule has 0 atom stereocenters. The van der Waals surface area contributed by atoms with Crippen molar-refractivity contribution in [1.29, 1.82) is 0 Å². The largest absolute Gasteiger partial charge is 0.467 e. The number of benzene rings is 1. The molecule has 0 saturated heterocycles. The van der Waals surface area contributed by atoms with Crippen LogP contribution < -0.4 is 5.32 Å². The van der Waals surface area contributed by atoms with E-state index in [1.165, 1.54) is 18.4 Å². The van der Waals surface area contributed by atoms with Crippen LogP contribution in [0, 0.1) is 0 Å². The van der Waals surface area contributed by atoms with Crippen LogP contribution in [0.5, 0.6) is 0 Å². The van der Waals surface area contributed by atoms with Gasteiger partial charge in [-0.2, -0.15) is 0 Å². The Morgan fingerprint density at radius 3 is 2.54 bits per heavy atom. The Labute approximate surface area is 155 Å². The summed E-state index contributed by atoms with van der Waals surface area (Å²) in [6, 6.07) is 13.1. The summed E-state index contributed by atoms with van der Waals surface area (Å²) in [6.45, 7) is 0.215. The summed E-state index contributed by atoms with van der Waals surface area (Å²) in [5, 5.41) is 3.03. The molecule has 0 saturated carbocycles. The Hall–Kier alpha value is -2.51. The molecule has 0 radical (unpaired) electrons. The molecule has 0 bridgehead atoms. The molecule has 8 heteroatoms. The number of amides is 1. The van der Waals surface area contributed by atoms with Crippen LogP contribution in [-0.2, 0) is 27.9 Å². The van der Waals surface area contributed by atoms with E-state index in [4.69, 9.17) is 20.4 Å². The van der Waals surface area contributed by atoms with Crippen LogP contribution in [-0.4, -0.2) is 14.3 Å². The molecule has 1 amide bonds. The Morgan fingerprint density at radius 1 is 1.00 bits per heavy atom. The van der Waals surface area contributed by atoms with Gasteiger partial charge in [-0.25, -0.2) is 8.42 Å². The van der Waals surface area contributed by atoms with Crippen molar-refractivity contribution in [2.75, 3.05) is 0 Å². The minimum absolute atomic E-state index is 0.0412. The number of furan rings is 2. The highest BCUT2D eigenvalue weighted by Gasteiger charge is 2.19. The fraction of sp³-hybridized carbons (Fsp3) is 0.167. The zero-order chi connectivity index (χ0) is 18.6. The zero-order valence-corrected chi connectivity index (χ0v) is 15.2. The highest BCUT2D eigenvalue weighted by Crippen LogP contribution is 2.20. The summed E-state index contributed by atoms with van der Waals surface area (Å²) in [5.74, 6) is -0.125. The average Bonchev–Trinajstić information content (AvgIpc) is 3.26. The van der Waals surface area contributed by atoms with Gasteiger partial charge in [0, 0.05) is 5.02 Å². The third kappa shape index (κ3) is 4.77. The molecule has 0 aliphatic heterocycles. The standard InChI is InChI=1S/C18H16ClNO5S/c19-16-6-2-1-4-13(16)11-26(22,23)12-15-7-8-17(25-15)18(21)20-10-14-5-3-9-24-14/h1-9H,10-12H2,(H,20,21). The normalized spacial score (nSPS) is 11.4. The van der Waals surface area contributed by atoms with Gasteiger partial charge in [-0.1, -0.05) is 29.8 Å². The topological polar surface area (TPSA) is 89.5 Å². The molecule has 2 heterocycles. The Balaban J connectivity index is 1.62. The highest BCUT2D eigenvalue weighted by atomic mass is 35.5. The molecule has 0 aliphatic rings. The predicted octanol–water partition coefficient (Wildman–Crippen LogP) is 3.57. The van der Waals surface area contributed by atoms with Crippen LogP contribution in [0.15, 0.2) is 63.6 Å². The highest BCUT2D eigenvalue weighted by molar-refractivity contribution is 7.89. The van der Waals surface area contributed by atoms with E-state index in [0.717, 1.165) is 0 Å². The Bertz CT molecular complexity index is 992. The summed E-state index contributed by atoms with van der Waals surface area (Å²) in [5.41, 5.74) is 0.525. The first-order chi connectivity index (χ1) is 12.4. The van der Waals surface area contributed by atoms with Crippen LogP contribution in [0.1, 0.15) is 27.6 Å². The Kier molecular flexibility index (Phi) is 5.49. The van der Waals surface area contributed by atoms with Crippen LogP contribution in [0.4, 0.5) is 0 Å². The van der Waals surface area contributed by atoms with Gasteiger partial charge in [-0.15, -0.1) is 0 Å². The molecule has 3 rings (SSSR count). The van der Waals surface area contributed by atoms with E-state index in [0.29, 0.717) is 16.3 Å². The molecule has 26 heavy (non-hydrogen) atoms. The van der Waals surface area contributed by atoms with Gasteiger partial charge in [-0.3, -0.25) is 4.79 Å². The molecule has 0 spiro atoms. The van der Waals surface area contributed by atoms with Gasteiger partial charge >= 0.3 is 0 Å². The second kappa shape index (κ2) is 7.80. The van der Waals surface area contributed by atoms with Crippen molar-refractivity contribution in [1.82, 2.24) is 5.32 Å². The van der Waals surface area contributed by atoms with Crippen LogP contribution in [0.2, 0.25) is 5.02 Å². The van der Waals surface area contributed by atoms with Crippen LogP contribution in [0.3, 0.4) is 0 Å². The van der Waals surface area contributed by atoms with E-state index >= 15 is 0 Å². The molecule has 0 unspecified atom stereocenters. The third-order valence-corrected chi connectivity index (χ3v) is 5.43. The summed E-state index contributed by atoms with van der Waals surface area (Å²) in [4.78, 5) is 12.0. The van der Waals surface area contributed by atoms with Crippen LogP contribution in [0.25, 0.3) is 0 Å². The first kappa shape index (κ1) is 18.3. The van der Waals surface area contributed by atoms with Crippen molar-refractivity contribution in [2.24, 2.45) is 0 Å². The van der Waals surface area contributed by atoms with Crippen molar-refractivity contribution in [3.63, 3.8) is 0 Å².